The normalized spacial score (nSPS) is 12.3. The maximum atomic E-state index is 12.1. The van der Waals surface area contributed by atoms with Gasteiger partial charge in [0.2, 0.25) is 5.91 Å². The third-order valence-electron chi connectivity index (χ3n) is 3.26. The molecule has 1 N–H and O–H groups in total. The van der Waals surface area contributed by atoms with E-state index in [0.29, 0.717) is 18.8 Å². The monoisotopic (exact) mass is 292 g/mol. The van der Waals surface area contributed by atoms with E-state index < -0.39 is 0 Å². The Balaban J connectivity index is 1.92. The summed E-state index contributed by atoms with van der Waals surface area (Å²) in [6, 6.07) is -0.130. The van der Waals surface area contributed by atoms with E-state index in [1.165, 1.54) is 6.33 Å². The van der Waals surface area contributed by atoms with Crippen LogP contribution in [-0.4, -0.2) is 40.9 Å². The molecule has 21 heavy (non-hydrogen) atoms. The molecule has 0 bridgehead atoms. The highest BCUT2D eigenvalue weighted by atomic mass is 16.1. The average Bonchev–Trinajstić information content (AvgIpc) is 3.11. The number of hydrogen-bond acceptors (Lipinski definition) is 6. The zero-order chi connectivity index (χ0) is 15.2. The molecule has 0 spiro atoms. The van der Waals surface area contributed by atoms with Gasteiger partial charge in [-0.2, -0.15) is 5.10 Å². The quantitative estimate of drug-likeness (QED) is 0.784. The third kappa shape index (κ3) is 3.61. The average molecular weight is 292 g/mol. The summed E-state index contributed by atoms with van der Waals surface area (Å²) in [6.45, 7) is 6.99. The van der Waals surface area contributed by atoms with Crippen molar-refractivity contribution in [1.82, 2.24) is 40.3 Å². The van der Waals surface area contributed by atoms with Gasteiger partial charge in [0.1, 0.15) is 18.0 Å². The van der Waals surface area contributed by atoms with Gasteiger partial charge in [0.15, 0.2) is 0 Å². The summed E-state index contributed by atoms with van der Waals surface area (Å²) in [5.74, 6) is 1.43. The molecule has 0 aliphatic carbocycles. The molecule has 0 aliphatic heterocycles. The number of aryl methyl sites for hydroxylation is 3. The highest BCUT2D eigenvalue weighted by Gasteiger charge is 2.18. The summed E-state index contributed by atoms with van der Waals surface area (Å²) < 4.78 is 3.40. The van der Waals surface area contributed by atoms with Crippen LogP contribution in [0.1, 0.15) is 44.4 Å². The van der Waals surface area contributed by atoms with Crippen LogP contribution in [0.25, 0.3) is 0 Å². The molecular weight excluding hydrogens is 272 g/mol. The van der Waals surface area contributed by atoms with Gasteiger partial charge in [0, 0.05) is 13.0 Å². The van der Waals surface area contributed by atoms with Crippen LogP contribution >= 0.6 is 0 Å². The standard InChI is InChI=1S/C12H20N8O/c1-4-10(12-13-8-14-19(12)5-2)15-11(21)6-7-20-9(3)16-17-18-20/h8,10H,4-7H2,1-3H3,(H,15,21). The lowest BCUT2D eigenvalue weighted by molar-refractivity contribution is -0.122. The minimum atomic E-state index is -0.130. The molecule has 0 aromatic carbocycles. The van der Waals surface area contributed by atoms with E-state index in [1.807, 2.05) is 13.8 Å². The summed E-state index contributed by atoms with van der Waals surface area (Å²) in [6.07, 6.45) is 2.59. The number of amides is 1. The Kier molecular flexibility index (Phi) is 4.96. The lowest BCUT2D eigenvalue weighted by atomic mass is 10.2. The van der Waals surface area contributed by atoms with Crippen LogP contribution in [0.4, 0.5) is 0 Å². The molecule has 9 heteroatoms. The van der Waals surface area contributed by atoms with E-state index in [4.69, 9.17) is 0 Å². The van der Waals surface area contributed by atoms with Crippen LogP contribution in [0, 0.1) is 6.92 Å². The molecule has 1 unspecified atom stereocenters. The van der Waals surface area contributed by atoms with Gasteiger partial charge in [0.25, 0.3) is 0 Å². The van der Waals surface area contributed by atoms with Crippen molar-refractivity contribution >= 4 is 5.91 Å². The Bertz CT molecular complexity index is 590. The summed E-state index contributed by atoms with van der Waals surface area (Å²) in [5.41, 5.74) is 0. The van der Waals surface area contributed by atoms with Crippen LogP contribution < -0.4 is 5.32 Å². The van der Waals surface area contributed by atoms with Gasteiger partial charge in [-0.15, -0.1) is 5.10 Å². The van der Waals surface area contributed by atoms with Crippen LogP contribution in [0.5, 0.6) is 0 Å². The fraction of sp³-hybridized carbons (Fsp3) is 0.667. The number of carbonyl (C=O) groups excluding carboxylic acids is 1. The Morgan fingerprint density at radius 1 is 1.38 bits per heavy atom. The SMILES string of the molecule is CCC(NC(=O)CCn1nnnc1C)c1ncnn1CC. The number of carbonyl (C=O) groups is 1. The molecule has 2 heterocycles. The Hall–Kier alpha value is -2.32. The topological polar surface area (TPSA) is 103 Å². The van der Waals surface area contributed by atoms with E-state index in [9.17, 15) is 4.79 Å². The van der Waals surface area contributed by atoms with Crippen molar-refractivity contribution < 1.29 is 4.79 Å². The Morgan fingerprint density at radius 3 is 2.81 bits per heavy atom. The minimum absolute atomic E-state index is 0.0533. The van der Waals surface area contributed by atoms with Crippen molar-refractivity contribution in [3.63, 3.8) is 0 Å². The second kappa shape index (κ2) is 6.91. The van der Waals surface area contributed by atoms with E-state index >= 15 is 0 Å². The predicted octanol–water partition coefficient (Wildman–Crippen LogP) is 0.251. The summed E-state index contributed by atoms with van der Waals surface area (Å²) in [4.78, 5) is 16.3. The fourth-order valence-corrected chi connectivity index (χ4v) is 2.07. The Morgan fingerprint density at radius 2 is 2.19 bits per heavy atom. The van der Waals surface area contributed by atoms with Crippen LogP contribution in [0.15, 0.2) is 6.33 Å². The number of nitrogens with zero attached hydrogens (tertiary/aromatic N) is 7. The van der Waals surface area contributed by atoms with E-state index in [0.717, 1.165) is 18.8 Å². The first-order valence-corrected chi connectivity index (χ1v) is 7.05. The van der Waals surface area contributed by atoms with Crippen LogP contribution in [-0.2, 0) is 17.9 Å². The minimum Gasteiger partial charge on any atom is -0.346 e. The lowest BCUT2D eigenvalue weighted by Crippen LogP contribution is -2.31. The summed E-state index contributed by atoms with van der Waals surface area (Å²) in [7, 11) is 0. The van der Waals surface area contributed by atoms with Crippen LogP contribution in [0.3, 0.4) is 0 Å². The number of hydrogen-bond donors (Lipinski definition) is 1. The van der Waals surface area contributed by atoms with Gasteiger partial charge in [0.05, 0.1) is 12.6 Å². The van der Waals surface area contributed by atoms with E-state index in [-0.39, 0.29) is 11.9 Å². The molecule has 0 fully saturated rings. The molecule has 1 atom stereocenters. The molecule has 2 aromatic heterocycles. The molecule has 2 rings (SSSR count). The molecule has 0 saturated carbocycles. The van der Waals surface area contributed by atoms with Gasteiger partial charge in [-0.25, -0.2) is 14.3 Å². The number of nitrogens with one attached hydrogen (secondary N) is 1. The summed E-state index contributed by atoms with van der Waals surface area (Å²) in [5, 5.41) is 18.3. The summed E-state index contributed by atoms with van der Waals surface area (Å²) >= 11 is 0. The van der Waals surface area contributed by atoms with Gasteiger partial charge in [-0.3, -0.25) is 4.79 Å². The molecule has 9 nitrogen and oxygen atoms in total. The first kappa shape index (κ1) is 15.1. The van der Waals surface area contributed by atoms with Gasteiger partial charge in [-0.1, -0.05) is 6.92 Å². The maximum absolute atomic E-state index is 12.1. The number of rotatable bonds is 7. The maximum Gasteiger partial charge on any atom is 0.222 e. The zero-order valence-corrected chi connectivity index (χ0v) is 12.5. The Labute approximate surface area is 122 Å². The van der Waals surface area contributed by atoms with Crippen molar-refractivity contribution in [2.24, 2.45) is 0 Å². The van der Waals surface area contributed by atoms with Gasteiger partial charge >= 0.3 is 0 Å². The molecule has 2 aromatic rings. The van der Waals surface area contributed by atoms with Gasteiger partial charge in [-0.05, 0) is 30.7 Å². The van der Waals surface area contributed by atoms with Crippen molar-refractivity contribution in [3.8, 4) is 0 Å². The molecular formula is C12H20N8O. The predicted molar refractivity (Wildman–Crippen MR) is 74.0 cm³/mol. The molecule has 0 aliphatic rings. The molecule has 0 radical (unpaired) electrons. The molecule has 1 amide bonds. The number of aromatic nitrogens is 7. The lowest BCUT2D eigenvalue weighted by Gasteiger charge is -2.16. The van der Waals surface area contributed by atoms with Crippen molar-refractivity contribution in [2.45, 2.75) is 52.7 Å². The van der Waals surface area contributed by atoms with E-state index in [1.54, 1.807) is 16.3 Å². The highest BCUT2D eigenvalue weighted by Crippen LogP contribution is 2.13. The first-order valence-electron chi connectivity index (χ1n) is 7.05. The van der Waals surface area contributed by atoms with Crippen LogP contribution in [0.2, 0.25) is 0 Å². The van der Waals surface area contributed by atoms with Crippen molar-refractivity contribution in [2.75, 3.05) is 0 Å². The van der Waals surface area contributed by atoms with Gasteiger partial charge < -0.3 is 5.32 Å². The zero-order valence-electron chi connectivity index (χ0n) is 12.5. The number of tetrazole rings is 1. The smallest absolute Gasteiger partial charge is 0.222 e. The molecule has 0 saturated heterocycles. The second-order valence-corrected chi connectivity index (χ2v) is 4.66. The first-order chi connectivity index (χ1) is 10.2. The fourth-order valence-electron chi connectivity index (χ4n) is 2.07. The van der Waals surface area contributed by atoms with E-state index in [2.05, 4.69) is 30.9 Å². The second-order valence-electron chi connectivity index (χ2n) is 4.66. The largest absolute Gasteiger partial charge is 0.346 e. The third-order valence-corrected chi connectivity index (χ3v) is 3.26. The highest BCUT2D eigenvalue weighted by molar-refractivity contribution is 5.76. The molecule has 114 valence electrons. The van der Waals surface area contributed by atoms with Crippen molar-refractivity contribution in [3.05, 3.63) is 18.0 Å². The van der Waals surface area contributed by atoms with Crippen molar-refractivity contribution in [1.29, 1.82) is 0 Å².